The molecule has 0 atom stereocenters. The van der Waals surface area contributed by atoms with E-state index in [-0.39, 0.29) is 10.8 Å². The predicted octanol–water partition coefficient (Wildman–Crippen LogP) is 2.41. The van der Waals surface area contributed by atoms with Gasteiger partial charge >= 0.3 is 0 Å². The zero-order valence-corrected chi connectivity index (χ0v) is 14.0. The quantitative estimate of drug-likeness (QED) is 0.709. The highest BCUT2D eigenvalue weighted by Crippen LogP contribution is 2.18. The Labute approximate surface area is 133 Å². The molecule has 6 heteroatoms. The minimum atomic E-state index is -3.57. The maximum atomic E-state index is 12.7. The first-order valence-electron chi connectivity index (χ1n) is 7.46. The molecule has 0 unspecified atom stereocenters. The molecule has 1 N–H and O–H groups in total. The van der Waals surface area contributed by atoms with Gasteiger partial charge in [-0.15, -0.1) is 6.58 Å². The van der Waals surface area contributed by atoms with E-state index in [0.717, 1.165) is 12.8 Å². The van der Waals surface area contributed by atoms with Gasteiger partial charge < -0.3 is 5.32 Å². The number of nitrogens with one attached hydrogen (secondary N) is 1. The zero-order valence-electron chi connectivity index (χ0n) is 13.2. The van der Waals surface area contributed by atoms with E-state index in [0.29, 0.717) is 25.2 Å². The Balaban J connectivity index is 3.09. The number of carbonyl (C=O) groups excluding carboxylic acids is 1. The fraction of sp³-hybridized carbons (Fsp3) is 0.438. The first-order chi connectivity index (χ1) is 10.5. The van der Waals surface area contributed by atoms with Crippen molar-refractivity contribution in [1.82, 2.24) is 9.62 Å². The van der Waals surface area contributed by atoms with Crippen LogP contribution in [0.1, 0.15) is 37.0 Å². The molecule has 1 aromatic carbocycles. The third kappa shape index (κ3) is 4.68. The third-order valence-electron chi connectivity index (χ3n) is 3.09. The van der Waals surface area contributed by atoms with Crippen LogP contribution in [0.5, 0.6) is 0 Å². The van der Waals surface area contributed by atoms with Gasteiger partial charge in [0.15, 0.2) is 0 Å². The van der Waals surface area contributed by atoms with E-state index in [1.165, 1.54) is 16.4 Å². The first-order valence-corrected chi connectivity index (χ1v) is 8.90. The molecular formula is C16H24N2O3S. The average Bonchev–Trinajstić information content (AvgIpc) is 2.52. The maximum Gasteiger partial charge on any atom is 0.251 e. The Morgan fingerprint density at radius 1 is 1.27 bits per heavy atom. The second-order valence-corrected chi connectivity index (χ2v) is 6.87. The number of rotatable bonds is 9. The van der Waals surface area contributed by atoms with Gasteiger partial charge in [-0.1, -0.05) is 26.0 Å². The Bertz CT molecular complexity index is 606. The molecule has 122 valence electrons. The maximum absolute atomic E-state index is 12.7. The molecule has 22 heavy (non-hydrogen) atoms. The summed E-state index contributed by atoms with van der Waals surface area (Å²) < 4.78 is 26.8. The Kier molecular flexibility index (Phi) is 7.27. The van der Waals surface area contributed by atoms with Gasteiger partial charge in [-0.3, -0.25) is 4.79 Å². The van der Waals surface area contributed by atoms with Crippen LogP contribution in [0.25, 0.3) is 0 Å². The topological polar surface area (TPSA) is 66.5 Å². The fourth-order valence-electron chi connectivity index (χ4n) is 2.06. The summed E-state index contributed by atoms with van der Waals surface area (Å²) in [6.07, 6.45) is 3.07. The number of hydrogen-bond acceptors (Lipinski definition) is 3. The lowest BCUT2D eigenvalue weighted by Crippen LogP contribution is -2.32. The van der Waals surface area contributed by atoms with Crippen LogP contribution in [0.15, 0.2) is 41.8 Å². The molecule has 0 aliphatic rings. The monoisotopic (exact) mass is 324 g/mol. The molecule has 0 aliphatic heterocycles. The van der Waals surface area contributed by atoms with Gasteiger partial charge in [0.2, 0.25) is 10.0 Å². The van der Waals surface area contributed by atoms with Crippen molar-refractivity contribution in [3.8, 4) is 0 Å². The molecule has 5 nitrogen and oxygen atoms in total. The Morgan fingerprint density at radius 3 is 2.45 bits per heavy atom. The van der Waals surface area contributed by atoms with Gasteiger partial charge in [0.05, 0.1) is 4.90 Å². The molecule has 0 radical (unpaired) electrons. The second-order valence-electron chi connectivity index (χ2n) is 4.93. The normalized spacial score (nSPS) is 11.4. The molecule has 1 rings (SSSR count). The Hall–Kier alpha value is -1.66. The van der Waals surface area contributed by atoms with Crippen LogP contribution >= 0.6 is 0 Å². The van der Waals surface area contributed by atoms with Gasteiger partial charge in [0, 0.05) is 25.2 Å². The van der Waals surface area contributed by atoms with E-state index in [1.54, 1.807) is 18.2 Å². The van der Waals surface area contributed by atoms with Crippen molar-refractivity contribution in [3.63, 3.8) is 0 Å². The van der Waals surface area contributed by atoms with E-state index in [4.69, 9.17) is 0 Å². The largest absolute Gasteiger partial charge is 0.349 e. The zero-order chi connectivity index (χ0) is 16.6. The van der Waals surface area contributed by atoms with Gasteiger partial charge in [0.1, 0.15) is 0 Å². The van der Waals surface area contributed by atoms with E-state index >= 15 is 0 Å². The van der Waals surface area contributed by atoms with E-state index < -0.39 is 10.0 Å². The summed E-state index contributed by atoms with van der Waals surface area (Å²) in [6, 6.07) is 6.14. The van der Waals surface area contributed by atoms with Gasteiger partial charge in [0.25, 0.3) is 5.91 Å². The second kappa shape index (κ2) is 8.70. The van der Waals surface area contributed by atoms with Crippen molar-refractivity contribution < 1.29 is 13.2 Å². The molecule has 1 amide bonds. The summed E-state index contributed by atoms with van der Waals surface area (Å²) >= 11 is 0. The summed E-state index contributed by atoms with van der Waals surface area (Å²) in [5.41, 5.74) is 0.330. The summed E-state index contributed by atoms with van der Waals surface area (Å²) in [7, 11) is -3.57. The fourth-order valence-corrected chi connectivity index (χ4v) is 3.74. The standard InChI is InChI=1S/C16H24N2O3S/c1-4-10-17-16(19)14-8-7-9-15(13-14)22(20,21)18(11-5-2)12-6-3/h4,7-9,13H,1,5-6,10-12H2,2-3H3,(H,17,19). The number of sulfonamides is 1. The average molecular weight is 324 g/mol. The first kappa shape index (κ1) is 18.4. The van der Waals surface area contributed by atoms with Crippen molar-refractivity contribution in [2.75, 3.05) is 19.6 Å². The third-order valence-corrected chi connectivity index (χ3v) is 4.98. The van der Waals surface area contributed by atoms with Crippen LogP contribution in [0.4, 0.5) is 0 Å². The van der Waals surface area contributed by atoms with Gasteiger partial charge in [-0.25, -0.2) is 8.42 Å². The van der Waals surface area contributed by atoms with E-state index in [1.807, 2.05) is 13.8 Å². The smallest absolute Gasteiger partial charge is 0.251 e. The number of benzene rings is 1. The number of carbonyl (C=O) groups is 1. The molecule has 0 heterocycles. The highest BCUT2D eigenvalue weighted by molar-refractivity contribution is 7.89. The highest BCUT2D eigenvalue weighted by Gasteiger charge is 2.23. The van der Waals surface area contributed by atoms with Crippen molar-refractivity contribution >= 4 is 15.9 Å². The van der Waals surface area contributed by atoms with Crippen LogP contribution in [0.2, 0.25) is 0 Å². The number of amides is 1. The van der Waals surface area contributed by atoms with Crippen LogP contribution in [0.3, 0.4) is 0 Å². The van der Waals surface area contributed by atoms with Crippen LogP contribution in [0, 0.1) is 0 Å². The lowest BCUT2D eigenvalue weighted by Gasteiger charge is -2.21. The minimum absolute atomic E-state index is 0.153. The lowest BCUT2D eigenvalue weighted by atomic mass is 10.2. The van der Waals surface area contributed by atoms with Gasteiger partial charge in [-0.05, 0) is 31.0 Å². The molecule has 0 bridgehead atoms. The predicted molar refractivity (Wildman–Crippen MR) is 88.3 cm³/mol. The van der Waals surface area contributed by atoms with Crippen molar-refractivity contribution in [2.45, 2.75) is 31.6 Å². The highest BCUT2D eigenvalue weighted by atomic mass is 32.2. The van der Waals surface area contributed by atoms with Crippen molar-refractivity contribution in [3.05, 3.63) is 42.5 Å². The van der Waals surface area contributed by atoms with Crippen LogP contribution in [-0.4, -0.2) is 38.3 Å². The molecular weight excluding hydrogens is 300 g/mol. The Morgan fingerprint density at radius 2 is 1.91 bits per heavy atom. The van der Waals surface area contributed by atoms with Crippen molar-refractivity contribution in [2.24, 2.45) is 0 Å². The molecule has 1 aromatic rings. The van der Waals surface area contributed by atoms with E-state index in [2.05, 4.69) is 11.9 Å². The molecule has 0 spiro atoms. The van der Waals surface area contributed by atoms with Crippen LogP contribution < -0.4 is 5.32 Å². The molecule has 0 fully saturated rings. The number of nitrogens with zero attached hydrogens (tertiary/aromatic N) is 1. The summed E-state index contributed by atoms with van der Waals surface area (Å²) in [5, 5.41) is 2.64. The van der Waals surface area contributed by atoms with E-state index in [9.17, 15) is 13.2 Å². The van der Waals surface area contributed by atoms with Crippen molar-refractivity contribution in [1.29, 1.82) is 0 Å². The minimum Gasteiger partial charge on any atom is -0.349 e. The molecule has 0 aliphatic carbocycles. The van der Waals surface area contributed by atoms with Crippen LogP contribution in [-0.2, 0) is 10.0 Å². The molecule has 0 aromatic heterocycles. The lowest BCUT2D eigenvalue weighted by molar-refractivity contribution is 0.0958. The molecule has 0 saturated carbocycles. The number of hydrogen-bond donors (Lipinski definition) is 1. The summed E-state index contributed by atoms with van der Waals surface area (Å²) in [6.45, 7) is 8.70. The molecule has 0 saturated heterocycles. The summed E-state index contributed by atoms with van der Waals surface area (Å²) in [4.78, 5) is 12.1. The van der Waals surface area contributed by atoms with Gasteiger partial charge in [-0.2, -0.15) is 4.31 Å². The SMILES string of the molecule is C=CCNC(=O)c1cccc(S(=O)(=O)N(CCC)CCC)c1. The summed E-state index contributed by atoms with van der Waals surface area (Å²) in [5.74, 6) is -0.311.